The van der Waals surface area contributed by atoms with E-state index < -0.39 is 41.1 Å². The van der Waals surface area contributed by atoms with Gasteiger partial charge in [-0.3, -0.25) is 14.4 Å². The fourth-order valence-electron chi connectivity index (χ4n) is 8.19. The SMILES string of the molecule is C=Cc1c(C)/c2[n-]/c1=C\c1[n-]c(c(CC)c1C)/C=C1/C(C)=C3C(=O)[C@H](C(=O)OC)/C(=C4/[N-][C@](O)(\C=2)[C@@H](C)[C@@H]4CCC(=O)O)[C@]32N[NH+]12.[Mg+2]. The Labute approximate surface area is 288 Å². The van der Waals surface area contributed by atoms with Crippen LogP contribution in [-0.4, -0.2) is 69.5 Å². The van der Waals surface area contributed by atoms with Gasteiger partial charge in [0, 0.05) is 23.3 Å². The quantitative estimate of drug-likeness (QED) is 0.149. The number of carbonyl (C=O) groups excluding carboxylic acids is 2. The minimum Gasteiger partial charge on any atom is -0.657 e. The van der Waals surface area contributed by atoms with Crippen molar-refractivity contribution >= 4 is 65.1 Å². The first-order valence-electron chi connectivity index (χ1n) is 15.6. The molecule has 2 aromatic heterocycles. The van der Waals surface area contributed by atoms with Crippen molar-refractivity contribution in [2.75, 3.05) is 7.11 Å². The van der Waals surface area contributed by atoms with Crippen LogP contribution in [0, 0.1) is 31.6 Å². The zero-order valence-corrected chi connectivity index (χ0v) is 28.9. The number of quaternary nitrogens is 1. The predicted molar refractivity (Wildman–Crippen MR) is 174 cm³/mol. The standard InChI is InChI=1S/C35H38N5O6.Mg/c1-8-19-15(3)22-12-23-20(9-2)16(4)25(37-23)14-34(45)18(6)21(10-11-27(41)42)31(38-34)30-28(33(44)46-7)32(43)29-17(5)26(13-24(19)36-22)40-35(29,30)39-40;/h9,12-14,18,21,28,39,45H,2,8,10-11H2,1,3-7H3,(H3,36,37,41,42,43);/q-1;+2/p-1/b25-14-,31-30-;/t18-,21-,28+,34-,35-,40?;/m0./s1. The van der Waals surface area contributed by atoms with E-state index in [1.54, 1.807) is 12.2 Å². The molecule has 1 spiro atoms. The molecule has 4 aliphatic heterocycles. The first kappa shape index (κ1) is 33.2. The van der Waals surface area contributed by atoms with Crippen molar-refractivity contribution in [2.24, 2.45) is 17.8 Å². The topological polar surface area (TPSA) is 170 Å². The molecular formula is C35H37MgN5O6. The number of fused-ring (bicyclic) bond motifs is 6. The zero-order valence-electron chi connectivity index (χ0n) is 27.4. The Morgan fingerprint density at radius 2 is 1.87 bits per heavy atom. The number of aliphatic hydroxyl groups is 1. The largest absolute Gasteiger partial charge is 2.00 e. The molecule has 4 N–H and O–H groups in total. The third-order valence-electron chi connectivity index (χ3n) is 10.7. The molecule has 240 valence electrons. The molecule has 1 saturated carbocycles. The van der Waals surface area contributed by atoms with Gasteiger partial charge in [-0.2, -0.15) is 5.01 Å². The van der Waals surface area contributed by atoms with E-state index >= 15 is 0 Å². The Bertz CT molecular complexity index is 2020. The van der Waals surface area contributed by atoms with Gasteiger partial charge in [-0.25, -0.2) is 0 Å². The summed E-state index contributed by atoms with van der Waals surface area (Å²) < 4.78 is 5.16. The van der Waals surface area contributed by atoms with E-state index in [1.165, 1.54) is 7.11 Å². The van der Waals surface area contributed by atoms with Crippen LogP contribution in [0.3, 0.4) is 0 Å². The normalized spacial score (nSPS) is 33.9. The number of nitrogens with one attached hydrogen (secondary N) is 2. The predicted octanol–water partition coefficient (Wildman–Crippen LogP) is 0.255. The molecule has 6 atom stereocenters. The van der Waals surface area contributed by atoms with Crippen molar-refractivity contribution in [3.8, 4) is 0 Å². The van der Waals surface area contributed by atoms with Gasteiger partial charge in [-0.1, -0.05) is 60.8 Å². The summed E-state index contributed by atoms with van der Waals surface area (Å²) in [5, 5.41) is 28.8. The Balaban J connectivity index is 0.00000386. The van der Waals surface area contributed by atoms with Crippen LogP contribution in [0.4, 0.5) is 0 Å². The van der Waals surface area contributed by atoms with Gasteiger partial charge >= 0.3 is 35.0 Å². The molecule has 0 amide bonds. The van der Waals surface area contributed by atoms with E-state index in [1.807, 2.05) is 39.8 Å². The van der Waals surface area contributed by atoms with Crippen molar-refractivity contribution in [1.82, 2.24) is 15.4 Å². The third-order valence-corrected chi connectivity index (χ3v) is 10.7. The smallest absolute Gasteiger partial charge is 0.657 e. The van der Waals surface area contributed by atoms with E-state index in [4.69, 9.17) is 20.0 Å². The van der Waals surface area contributed by atoms with Gasteiger partial charge in [-0.05, 0) is 57.1 Å². The van der Waals surface area contributed by atoms with Crippen LogP contribution in [-0.2, 0) is 25.5 Å². The first-order chi connectivity index (χ1) is 21.8. The van der Waals surface area contributed by atoms with Crippen LogP contribution in [0.1, 0.15) is 67.3 Å². The number of ketones is 1. The Morgan fingerprint density at radius 1 is 1.15 bits per heavy atom. The number of allylic oxidation sites excluding steroid dienone is 2. The molecule has 1 unspecified atom stereocenters. The van der Waals surface area contributed by atoms with Gasteiger partial charge in [0.25, 0.3) is 5.66 Å². The second-order valence-corrected chi connectivity index (χ2v) is 12.9. The molecule has 3 fully saturated rings. The van der Waals surface area contributed by atoms with Crippen molar-refractivity contribution in [2.45, 2.75) is 65.3 Å². The Hall–Kier alpha value is -3.68. The van der Waals surface area contributed by atoms with Crippen LogP contribution < -0.4 is 31.1 Å². The Morgan fingerprint density at radius 3 is 2.51 bits per heavy atom. The number of methoxy groups -OCH3 is 1. The second-order valence-electron chi connectivity index (χ2n) is 12.9. The number of aromatic nitrogens is 2. The molecule has 6 heterocycles. The molecule has 7 rings (SSSR count). The van der Waals surface area contributed by atoms with Gasteiger partial charge in [0.1, 0.15) is 5.92 Å². The second kappa shape index (κ2) is 11.2. The van der Waals surface area contributed by atoms with Crippen molar-refractivity contribution in [3.63, 3.8) is 0 Å². The molecule has 2 aromatic rings. The number of carboxylic acids is 1. The molecule has 11 nitrogen and oxygen atoms in total. The Kier molecular flexibility index (Phi) is 7.92. The van der Waals surface area contributed by atoms with Gasteiger partial charge in [0.15, 0.2) is 11.5 Å². The first-order valence-corrected chi connectivity index (χ1v) is 15.6. The summed E-state index contributed by atoms with van der Waals surface area (Å²) in [5.74, 6) is -4.58. The summed E-state index contributed by atoms with van der Waals surface area (Å²) in [5.41, 5.74) is 8.61. The molecule has 1 aliphatic carbocycles. The summed E-state index contributed by atoms with van der Waals surface area (Å²) in [6, 6.07) is 0. The van der Waals surface area contributed by atoms with Gasteiger partial charge in [0.2, 0.25) is 0 Å². The number of carboxylic acid groups (broad SMARTS) is 1. The fourth-order valence-corrected chi connectivity index (χ4v) is 8.19. The van der Waals surface area contributed by atoms with Crippen LogP contribution in [0.2, 0.25) is 0 Å². The molecule has 0 radical (unpaired) electrons. The van der Waals surface area contributed by atoms with E-state index in [0.29, 0.717) is 27.5 Å². The van der Waals surface area contributed by atoms with Crippen LogP contribution in [0.5, 0.6) is 0 Å². The molecule has 5 aliphatic rings. The summed E-state index contributed by atoms with van der Waals surface area (Å²) >= 11 is 0. The maximum Gasteiger partial charge on any atom is 2.00 e. The van der Waals surface area contributed by atoms with Crippen LogP contribution in [0.25, 0.3) is 29.6 Å². The summed E-state index contributed by atoms with van der Waals surface area (Å²) in [6.45, 7) is 13.7. The number of Topliss-reactive ketones (excluding diaryl/α,β-unsaturated/α-hetero) is 1. The summed E-state index contributed by atoms with van der Waals surface area (Å²) in [6.07, 6.45) is 7.97. The van der Waals surface area contributed by atoms with Crippen molar-refractivity contribution in [1.29, 1.82) is 0 Å². The number of aliphatic carboxylic acids is 1. The number of esters is 1. The molecule has 47 heavy (non-hydrogen) atoms. The molecule has 0 aromatic carbocycles. The number of carbonyl (C=O) groups is 3. The molecule has 2 saturated heterocycles. The van der Waals surface area contributed by atoms with E-state index in [-0.39, 0.29) is 41.7 Å². The maximum absolute atomic E-state index is 14.3. The van der Waals surface area contributed by atoms with Gasteiger partial charge in [0.05, 0.1) is 12.7 Å². The molecule has 12 heteroatoms. The average molecular weight is 648 g/mol. The number of rotatable bonds is 6. The average Bonchev–Trinajstić information content (AvgIpc) is 3.12. The summed E-state index contributed by atoms with van der Waals surface area (Å²) in [4.78, 5) is 49.4. The number of nitrogens with zero attached hydrogens (tertiary/aromatic N) is 3. The molecular weight excluding hydrogens is 611 g/mol. The number of hydrogen-bond acceptors (Lipinski definition) is 6. The van der Waals surface area contributed by atoms with Gasteiger partial charge in [-0.15, -0.1) is 27.8 Å². The van der Waals surface area contributed by atoms with Crippen LogP contribution >= 0.6 is 0 Å². The third kappa shape index (κ3) is 4.45. The van der Waals surface area contributed by atoms with E-state index in [9.17, 15) is 24.6 Å². The van der Waals surface area contributed by atoms with Crippen LogP contribution in [0.15, 0.2) is 34.7 Å². The maximum atomic E-state index is 14.3. The van der Waals surface area contributed by atoms with Crippen molar-refractivity contribution < 1.29 is 34.3 Å². The summed E-state index contributed by atoms with van der Waals surface area (Å²) in [7, 11) is 1.24. The molecule has 8 bridgehead atoms. The van der Waals surface area contributed by atoms with E-state index in [0.717, 1.165) is 56.3 Å². The minimum atomic E-state index is -1.81. The number of hydrogen-bond donors (Lipinski definition) is 4. The fraction of sp³-hybridized carbons (Fsp3) is 0.400. The monoisotopic (exact) mass is 647 g/mol. The minimum absolute atomic E-state index is 0. The van der Waals surface area contributed by atoms with Crippen molar-refractivity contribution in [3.05, 3.63) is 84.3 Å². The zero-order chi connectivity index (χ0) is 33.0. The van der Waals surface area contributed by atoms with E-state index in [2.05, 4.69) is 18.9 Å². The number of ether oxygens (including phenoxy) is 1. The van der Waals surface area contributed by atoms with Gasteiger partial charge < -0.3 is 30.2 Å².